The molecule has 0 amide bonds. The van der Waals surface area contributed by atoms with Gasteiger partial charge in [0.25, 0.3) is 0 Å². The summed E-state index contributed by atoms with van der Waals surface area (Å²) in [7, 11) is 1.62. The summed E-state index contributed by atoms with van der Waals surface area (Å²) in [5.41, 5.74) is 1.75. The number of rotatable bonds is 5. The van der Waals surface area contributed by atoms with Crippen molar-refractivity contribution in [1.29, 1.82) is 0 Å². The van der Waals surface area contributed by atoms with Crippen molar-refractivity contribution >= 4 is 6.21 Å². The van der Waals surface area contributed by atoms with E-state index in [0.29, 0.717) is 6.61 Å². The molecule has 0 aliphatic carbocycles. The van der Waals surface area contributed by atoms with E-state index >= 15 is 0 Å². The summed E-state index contributed by atoms with van der Waals surface area (Å²) in [4.78, 5) is 5.17. The van der Waals surface area contributed by atoms with Crippen LogP contribution < -0.4 is 4.74 Å². The first-order chi connectivity index (χ1) is 9.28. The summed E-state index contributed by atoms with van der Waals surface area (Å²) in [6.07, 6.45) is 1.54. The van der Waals surface area contributed by atoms with E-state index in [4.69, 9.17) is 9.57 Å². The molecule has 2 aromatic rings. The van der Waals surface area contributed by atoms with Crippen molar-refractivity contribution in [1.82, 2.24) is 0 Å². The fourth-order valence-electron chi connectivity index (χ4n) is 1.52. The number of methoxy groups -OCH3 is 1. The molecular weight excluding hydrogens is 245 g/mol. The van der Waals surface area contributed by atoms with Crippen LogP contribution in [0.3, 0.4) is 0 Å². The molecule has 0 bridgehead atoms. The normalized spacial score (nSPS) is 10.6. The number of halogens is 1. The summed E-state index contributed by atoms with van der Waals surface area (Å²) >= 11 is 0. The number of hydrogen-bond acceptors (Lipinski definition) is 3. The zero-order valence-corrected chi connectivity index (χ0v) is 10.5. The van der Waals surface area contributed by atoms with Crippen molar-refractivity contribution in [2.45, 2.75) is 6.61 Å². The van der Waals surface area contributed by atoms with Gasteiger partial charge in [-0.1, -0.05) is 29.4 Å². The molecule has 0 aliphatic rings. The lowest BCUT2D eigenvalue weighted by atomic mass is 10.2. The highest BCUT2D eigenvalue weighted by Gasteiger charge is 1.95. The van der Waals surface area contributed by atoms with E-state index in [0.717, 1.165) is 16.9 Å². The van der Waals surface area contributed by atoms with Gasteiger partial charge in [0.05, 0.1) is 13.3 Å². The maximum absolute atomic E-state index is 12.7. The summed E-state index contributed by atoms with van der Waals surface area (Å²) in [6, 6.07) is 13.6. The molecule has 0 aliphatic heterocycles. The topological polar surface area (TPSA) is 30.8 Å². The second-order valence-corrected chi connectivity index (χ2v) is 3.91. The van der Waals surface area contributed by atoms with Crippen molar-refractivity contribution in [3.63, 3.8) is 0 Å². The molecule has 3 nitrogen and oxygen atoms in total. The number of ether oxygens (including phenoxy) is 1. The standard InChI is InChI=1S/C15H14FNO2/c1-18-15-4-2-3-13(9-15)11-19-17-10-12-5-7-14(16)8-6-12/h2-10H,11H2,1H3. The Bertz CT molecular complexity index is 552. The molecule has 0 saturated heterocycles. The minimum Gasteiger partial charge on any atom is -0.497 e. The van der Waals surface area contributed by atoms with Crippen molar-refractivity contribution in [2.75, 3.05) is 7.11 Å². The van der Waals surface area contributed by atoms with Crippen molar-refractivity contribution in [3.8, 4) is 5.75 Å². The monoisotopic (exact) mass is 259 g/mol. The maximum Gasteiger partial charge on any atom is 0.142 e. The van der Waals surface area contributed by atoms with Gasteiger partial charge >= 0.3 is 0 Å². The van der Waals surface area contributed by atoms with Crippen LogP contribution >= 0.6 is 0 Å². The van der Waals surface area contributed by atoms with Gasteiger partial charge in [0.2, 0.25) is 0 Å². The minimum atomic E-state index is -0.269. The van der Waals surface area contributed by atoms with E-state index in [9.17, 15) is 4.39 Å². The second kappa shape index (κ2) is 6.54. The first kappa shape index (κ1) is 13.1. The summed E-state index contributed by atoms with van der Waals surface area (Å²) < 4.78 is 17.8. The molecule has 2 rings (SSSR count). The Kier molecular flexibility index (Phi) is 4.50. The lowest BCUT2D eigenvalue weighted by Crippen LogP contribution is -1.90. The molecule has 0 unspecified atom stereocenters. The van der Waals surface area contributed by atoms with E-state index in [1.165, 1.54) is 12.1 Å². The van der Waals surface area contributed by atoms with Gasteiger partial charge in [0, 0.05) is 0 Å². The highest BCUT2D eigenvalue weighted by Crippen LogP contribution is 2.13. The Morgan fingerprint density at radius 2 is 1.95 bits per heavy atom. The van der Waals surface area contributed by atoms with Crippen LogP contribution in [0.15, 0.2) is 53.7 Å². The first-order valence-corrected chi connectivity index (χ1v) is 5.82. The molecule has 0 fully saturated rings. The quantitative estimate of drug-likeness (QED) is 0.608. The highest BCUT2D eigenvalue weighted by molar-refractivity contribution is 5.78. The molecule has 0 spiro atoms. The predicted octanol–water partition coefficient (Wildman–Crippen LogP) is 3.39. The van der Waals surface area contributed by atoms with Crippen molar-refractivity contribution in [3.05, 3.63) is 65.5 Å². The fourth-order valence-corrected chi connectivity index (χ4v) is 1.52. The van der Waals surface area contributed by atoms with Gasteiger partial charge < -0.3 is 9.57 Å². The molecule has 0 radical (unpaired) electrons. The Morgan fingerprint density at radius 3 is 2.68 bits per heavy atom. The Hall–Kier alpha value is -2.36. The van der Waals surface area contributed by atoms with Crippen LogP contribution in [0.25, 0.3) is 0 Å². The third kappa shape index (κ3) is 4.10. The molecule has 0 atom stereocenters. The third-order valence-electron chi connectivity index (χ3n) is 2.51. The zero-order valence-electron chi connectivity index (χ0n) is 10.5. The van der Waals surface area contributed by atoms with E-state index in [1.807, 2.05) is 24.3 Å². The van der Waals surface area contributed by atoms with Gasteiger partial charge in [-0.05, 0) is 35.4 Å². The molecule has 4 heteroatoms. The minimum absolute atomic E-state index is 0.269. The van der Waals surface area contributed by atoms with E-state index in [1.54, 1.807) is 25.5 Å². The Balaban J connectivity index is 1.87. The SMILES string of the molecule is COc1cccc(CON=Cc2ccc(F)cc2)c1. The van der Waals surface area contributed by atoms with Gasteiger partial charge in [0.15, 0.2) is 0 Å². The highest BCUT2D eigenvalue weighted by atomic mass is 19.1. The molecule has 0 heterocycles. The molecule has 98 valence electrons. The molecular formula is C15H14FNO2. The summed E-state index contributed by atoms with van der Waals surface area (Å²) in [6.45, 7) is 0.356. The largest absolute Gasteiger partial charge is 0.497 e. The van der Waals surface area contributed by atoms with Crippen LogP contribution in [0.4, 0.5) is 4.39 Å². The lowest BCUT2D eigenvalue weighted by Gasteiger charge is -2.03. The number of oxime groups is 1. The average Bonchev–Trinajstić information content (AvgIpc) is 2.46. The second-order valence-electron chi connectivity index (χ2n) is 3.91. The molecule has 0 aromatic heterocycles. The zero-order chi connectivity index (χ0) is 13.5. The summed E-state index contributed by atoms with van der Waals surface area (Å²) in [5.74, 6) is 0.512. The Labute approximate surface area is 111 Å². The van der Waals surface area contributed by atoms with Gasteiger partial charge in [-0.3, -0.25) is 0 Å². The van der Waals surface area contributed by atoms with Gasteiger partial charge in [-0.2, -0.15) is 0 Å². The predicted molar refractivity (Wildman–Crippen MR) is 71.8 cm³/mol. The number of benzene rings is 2. The van der Waals surface area contributed by atoms with Crippen LogP contribution in [0.1, 0.15) is 11.1 Å². The smallest absolute Gasteiger partial charge is 0.142 e. The summed E-state index contributed by atoms with van der Waals surface area (Å²) in [5, 5.41) is 3.83. The molecule has 2 aromatic carbocycles. The maximum atomic E-state index is 12.7. The van der Waals surface area contributed by atoms with Gasteiger partial charge in [-0.25, -0.2) is 4.39 Å². The van der Waals surface area contributed by atoms with Crippen molar-refractivity contribution in [2.24, 2.45) is 5.16 Å². The van der Waals surface area contributed by atoms with Crippen LogP contribution in [-0.2, 0) is 11.4 Å². The van der Waals surface area contributed by atoms with Crippen molar-refractivity contribution < 1.29 is 14.0 Å². The van der Waals surface area contributed by atoms with Gasteiger partial charge in [0.1, 0.15) is 18.2 Å². The van der Waals surface area contributed by atoms with Crippen LogP contribution in [0.2, 0.25) is 0 Å². The molecule has 19 heavy (non-hydrogen) atoms. The fraction of sp³-hybridized carbons (Fsp3) is 0.133. The molecule has 0 N–H and O–H groups in total. The number of nitrogens with zero attached hydrogens (tertiary/aromatic N) is 1. The molecule has 0 saturated carbocycles. The van der Waals surface area contributed by atoms with Crippen LogP contribution in [-0.4, -0.2) is 13.3 Å². The van der Waals surface area contributed by atoms with E-state index < -0.39 is 0 Å². The third-order valence-corrected chi connectivity index (χ3v) is 2.51. The number of hydrogen-bond donors (Lipinski definition) is 0. The van der Waals surface area contributed by atoms with Gasteiger partial charge in [-0.15, -0.1) is 0 Å². The average molecular weight is 259 g/mol. The Morgan fingerprint density at radius 1 is 1.16 bits per heavy atom. The van der Waals surface area contributed by atoms with Crippen LogP contribution in [0, 0.1) is 5.82 Å². The lowest BCUT2D eigenvalue weighted by molar-refractivity contribution is 0.132. The van der Waals surface area contributed by atoms with E-state index in [2.05, 4.69) is 5.16 Å². The van der Waals surface area contributed by atoms with Crippen LogP contribution in [0.5, 0.6) is 5.75 Å². The van der Waals surface area contributed by atoms with E-state index in [-0.39, 0.29) is 5.82 Å². The first-order valence-electron chi connectivity index (χ1n) is 5.82.